The highest BCUT2D eigenvalue weighted by Crippen LogP contribution is 2.22. The Bertz CT molecular complexity index is 501. The predicted octanol–water partition coefficient (Wildman–Crippen LogP) is 6.26. The van der Waals surface area contributed by atoms with Gasteiger partial charge in [0, 0.05) is 11.8 Å². The fraction of sp³-hybridized carbons (Fsp3) is 0.381. The van der Waals surface area contributed by atoms with Crippen molar-refractivity contribution < 1.29 is 0 Å². The summed E-state index contributed by atoms with van der Waals surface area (Å²) in [7, 11) is 0. The van der Waals surface area contributed by atoms with Crippen LogP contribution in [0.4, 0.5) is 0 Å². The minimum atomic E-state index is 1.07. The molecule has 1 nitrogen and oxygen atoms in total. The summed E-state index contributed by atoms with van der Waals surface area (Å²) in [6.07, 6.45) is 13.4. The number of rotatable bonds is 9. The minimum Gasteiger partial charge on any atom is -0.256 e. The van der Waals surface area contributed by atoms with Crippen molar-refractivity contribution in [3.8, 4) is 0 Å². The summed E-state index contributed by atoms with van der Waals surface area (Å²) in [6.45, 7) is 2.27. The monoisotopic (exact) mass is 293 g/mol. The molecular weight excluding hydrogens is 266 g/mol. The van der Waals surface area contributed by atoms with E-state index in [1.807, 2.05) is 12.3 Å². The third kappa shape index (κ3) is 5.48. The molecule has 2 aromatic rings. The van der Waals surface area contributed by atoms with Crippen molar-refractivity contribution in [3.63, 3.8) is 0 Å². The SMILES string of the molecule is CCCCCCCC/C=C(\c1ccccc1)c1ccccn1. The van der Waals surface area contributed by atoms with Gasteiger partial charge in [-0.1, -0.05) is 81.5 Å². The van der Waals surface area contributed by atoms with Gasteiger partial charge in [-0.3, -0.25) is 4.98 Å². The normalized spacial score (nSPS) is 11.6. The van der Waals surface area contributed by atoms with Crippen LogP contribution >= 0.6 is 0 Å². The van der Waals surface area contributed by atoms with E-state index in [0.717, 1.165) is 12.1 Å². The molecule has 22 heavy (non-hydrogen) atoms. The molecule has 0 aliphatic heterocycles. The third-order valence-electron chi connectivity index (χ3n) is 3.93. The topological polar surface area (TPSA) is 12.9 Å². The van der Waals surface area contributed by atoms with Gasteiger partial charge in [0.25, 0.3) is 0 Å². The van der Waals surface area contributed by atoms with Gasteiger partial charge >= 0.3 is 0 Å². The lowest BCUT2D eigenvalue weighted by atomic mass is 9.99. The van der Waals surface area contributed by atoms with E-state index in [4.69, 9.17) is 0 Å². The van der Waals surface area contributed by atoms with Gasteiger partial charge in [-0.05, 0) is 30.5 Å². The molecule has 0 N–H and O–H groups in total. The molecule has 1 heteroatoms. The highest BCUT2D eigenvalue weighted by Gasteiger charge is 2.04. The molecule has 0 amide bonds. The van der Waals surface area contributed by atoms with Gasteiger partial charge in [0.2, 0.25) is 0 Å². The lowest BCUT2D eigenvalue weighted by molar-refractivity contribution is 0.611. The molecule has 0 atom stereocenters. The zero-order valence-electron chi connectivity index (χ0n) is 13.7. The summed E-state index contributed by atoms with van der Waals surface area (Å²) in [5.41, 5.74) is 3.58. The minimum absolute atomic E-state index is 1.07. The van der Waals surface area contributed by atoms with Gasteiger partial charge in [-0.25, -0.2) is 0 Å². The van der Waals surface area contributed by atoms with Crippen LogP contribution in [0.5, 0.6) is 0 Å². The molecule has 0 bridgehead atoms. The van der Waals surface area contributed by atoms with Crippen molar-refractivity contribution >= 4 is 5.57 Å². The molecule has 0 spiro atoms. The van der Waals surface area contributed by atoms with Crippen molar-refractivity contribution in [2.75, 3.05) is 0 Å². The van der Waals surface area contributed by atoms with E-state index in [9.17, 15) is 0 Å². The fourth-order valence-corrected chi connectivity index (χ4v) is 2.68. The quantitative estimate of drug-likeness (QED) is 0.497. The maximum atomic E-state index is 4.53. The highest BCUT2D eigenvalue weighted by molar-refractivity contribution is 5.77. The Morgan fingerprint density at radius 3 is 2.32 bits per heavy atom. The van der Waals surface area contributed by atoms with Crippen LogP contribution < -0.4 is 0 Å². The maximum Gasteiger partial charge on any atom is 0.0704 e. The van der Waals surface area contributed by atoms with E-state index in [1.165, 1.54) is 49.7 Å². The van der Waals surface area contributed by atoms with Crippen LogP contribution in [0.2, 0.25) is 0 Å². The Morgan fingerprint density at radius 1 is 0.864 bits per heavy atom. The number of hydrogen-bond acceptors (Lipinski definition) is 1. The van der Waals surface area contributed by atoms with Crippen LogP contribution in [0.25, 0.3) is 5.57 Å². The first kappa shape index (κ1) is 16.5. The van der Waals surface area contributed by atoms with Crippen molar-refractivity contribution in [2.45, 2.75) is 51.9 Å². The number of hydrogen-bond donors (Lipinski definition) is 0. The second kappa shape index (κ2) is 9.94. The zero-order chi connectivity index (χ0) is 15.5. The first-order valence-electron chi connectivity index (χ1n) is 8.59. The summed E-state index contributed by atoms with van der Waals surface area (Å²) in [6, 6.07) is 16.7. The molecule has 0 unspecified atom stereocenters. The zero-order valence-corrected chi connectivity index (χ0v) is 13.7. The van der Waals surface area contributed by atoms with E-state index in [1.54, 1.807) is 0 Å². The van der Waals surface area contributed by atoms with E-state index in [2.05, 4.69) is 60.4 Å². The van der Waals surface area contributed by atoms with Gasteiger partial charge in [-0.2, -0.15) is 0 Å². The Morgan fingerprint density at radius 2 is 1.59 bits per heavy atom. The van der Waals surface area contributed by atoms with E-state index >= 15 is 0 Å². The maximum absolute atomic E-state index is 4.53. The van der Waals surface area contributed by atoms with Crippen molar-refractivity contribution in [1.29, 1.82) is 0 Å². The van der Waals surface area contributed by atoms with Crippen LogP contribution in [0.15, 0.2) is 60.8 Å². The van der Waals surface area contributed by atoms with Crippen LogP contribution in [0.3, 0.4) is 0 Å². The number of aromatic nitrogens is 1. The van der Waals surface area contributed by atoms with E-state index in [-0.39, 0.29) is 0 Å². The lowest BCUT2D eigenvalue weighted by Gasteiger charge is -2.08. The summed E-state index contributed by atoms with van der Waals surface area (Å²) in [5.74, 6) is 0. The van der Waals surface area contributed by atoms with E-state index in [0.29, 0.717) is 0 Å². The van der Waals surface area contributed by atoms with Crippen LogP contribution in [-0.4, -0.2) is 4.98 Å². The summed E-state index contributed by atoms with van der Waals surface area (Å²) in [5, 5.41) is 0. The smallest absolute Gasteiger partial charge is 0.0704 e. The second-order valence-electron chi connectivity index (χ2n) is 5.76. The first-order valence-corrected chi connectivity index (χ1v) is 8.59. The fourth-order valence-electron chi connectivity index (χ4n) is 2.68. The molecule has 1 aromatic carbocycles. The first-order chi connectivity index (χ1) is 10.9. The Balaban J connectivity index is 1.98. The lowest BCUT2D eigenvalue weighted by Crippen LogP contribution is -1.91. The molecule has 0 radical (unpaired) electrons. The third-order valence-corrected chi connectivity index (χ3v) is 3.93. The van der Waals surface area contributed by atoms with Gasteiger partial charge < -0.3 is 0 Å². The number of benzene rings is 1. The van der Waals surface area contributed by atoms with Crippen molar-refractivity contribution in [2.24, 2.45) is 0 Å². The van der Waals surface area contributed by atoms with Crippen molar-refractivity contribution in [1.82, 2.24) is 4.98 Å². The average molecular weight is 293 g/mol. The Kier molecular flexibility index (Phi) is 7.45. The molecule has 2 rings (SSSR count). The standard InChI is InChI=1S/C21H27N/c1-2-3-4-5-6-7-11-16-20(19-14-9-8-10-15-19)21-17-12-13-18-22-21/h8-10,12-18H,2-7,11H2,1H3/b20-16+. The van der Waals surface area contributed by atoms with Crippen molar-refractivity contribution in [3.05, 3.63) is 72.1 Å². The van der Waals surface area contributed by atoms with Gasteiger partial charge in [0.1, 0.15) is 0 Å². The molecule has 0 fully saturated rings. The molecule has 1 heterocycles. The Labute approximate surface area is 135 Å². The number of unbranched alkanes of at least 4 members (excludes halogenated alkanes) is 6. The predicted molar refractivity (Wildman–Crippen MR) is 95.8 cm³/mol. The number of nitrogens with zero attached hydrogens (tertiary/aromatic N) is 1. The van der Waals surface area contributed by atoms with Gasteiger partial charge in [0.15, 0.2) is 0 Å². The van der Waals surface area contributed by atoms with Crippen LogP contribution in [0, 0.1) is 0 Å². The molecule has 116 valence electrons. The average Bonchev–Trinajstić information content (AvgIpc) is 2.59. The number of allylic oxidation sites excluding steroid dienone is 1. The second-order valence-corrected chi connectivity index (χ2v) is 5.76. The molecule has 0 saturated carbocycles. The summed E-state index contributed by atoms with van der Waals surface area (Å²) < 4.78 is 0. The van der Waals surface area contributed by atoms with Gasteiger partial charge in [0.05, 0.1) is 5.69 Å². The molecular formula is C21H27N. The summed E-state index contributed by atoms with van der Waals surface area (Å²) >= 11 is 0. The van der Waals surface area contributed by atoms with Gasteiger partial charge in [-0.15, -0.1) is 0 Å². The number of pyridine rings is 1. The molecule has 0 saturated heterocycles. The largest absolute Gasteiger partial charge is 0.256 e. The Hall–Kier alpha value is -1.89. The summed E-state index contributed by atoms with van der Waals surface area (Å²) in [4.78, 5) is 4.53. The van der Waals surface area contributed by atoms with Crippen LogP contribution in [0.1, 0.15) is 63.1 Å². The molecule has 1 aromatic heterocycles. The molecule has 0 aliphatic carbocycles. The molecule has 0 aliphatic rings. The van der Waals surface area contributed by atoms with Crippen LogP contribution in [-0.2, 0) is 0 Å². The van der Waals surface area contributed by atoms with E-state index < -0.39 is 0 Å². The highest BCUT2D eigenvalue weighted by atomic mass is 14.7.